The first kappa shape index (κ1) is 19.9. The summed E-state index contributed by atoms with van der Waals surface area (Å²) in [6, 6.07) is 5.00. The molecular weight excluding hydrogens is 401 g/mol. The number of carboxylic acids is 1. The number of aryl methyl sites for hydroxylation is 1. The summed E-state index contributed by atoms with van der Waals surface area (Å²) in [5.74, 6) is -0.496. The standard InChI is InChI=1S/C20H17F3N4O3/c1-11-6-16(30-10-19(4-5-19)18(28)29)25-8-13(11)12-2-3-14(24-7-12)17-26-9-15(27-17)20(21,22)23/h2-3,6-9H,4-5,10H2,1H3,(H,26,27)(H,28,29). The van der Waals surface area contributed by atoms with Crippen LogP contribution in [0, 0.1) is 12.3 Å². The van der Waals surface area contributed by atoms with Crippen LogP contribution in [0.1, 0.15) is 24.1 Å². The number of carbonyl (C=O) groups is 1. The van der Waals surface area contributed by atoms with Gasteiger partial charge in [-0.3, -0.25) is 9.78 Å². The minimum absolute atomic E-state index is 0.0277. The molecule has 156 valence electrons. The molecule has 3 heterocycles. The second-order valence-electron chi connectivity index (χ2n) is 7.29. The largest absolute Gasteiger partial charge is 0.481 e. The summed E-state index contributed by atoms with van der Waals surface area (Å²) in [6.07, 6.45) is 0.542. The molecule has 0 spiro atoms. The van der Waals surface area contributed by atoms with Crippen LogP contribution in [-0.4, -0.2) is 37.6 Å². The molecular formula is C20H17F3N4O3. The van der Waals surface area contributed by atoms with Crippen molar-refractivity contribution in [2.75, 3.05) is 6.61 Å². The highest BCUT2D eigenvalue weighted by Gasteiger charge is 2.51. The molecule has 0 aromatic carbocycles. The zero-order chi connectivity index (χ0) is 21.5. The predicted molar refractivity (Wildman–Crippen MR) is 99.6 cm³/mol. The highest BCUT2D eigenvalue weighted by atomic mass is 19.4. The number of aromatic nitrogens is 4. The smallest absolute Gasteiger partial charge is 0.432 e. The second-order valence-corrected chi connectivity index (χ2v) is 7.29. The summed E-state index contributed by atoms with van der Waals surface area (Å²) in [5.41, 5.74) is 0.884. The first-order valence-corrected chi connectivity index (χ1v) is 9.10. The van der Waals surface area contributed by atoms with Crippen LogP contribution >= 0.6 is 0 Å². The number of aliphatic carboxylic acids is 1. The number of aromatic amines is 1. The summed E-state index contributed by atoms with van der Waals surface area (Å²) in [6.45, 7) is 1.93. The van der Waals surface area contributed by atoms with Crippen molar-refractivity contribution in [2.45, 2.75) is 25.9 Å². The van der Waals surface area contributed by atoms with E-state index in [1.807, 2.05) is 6.92 Å². The summed E-state index contributed by atoms with van der Waals surface area (Å²) in [4.78, 5) is 25.6. The molecule has 4 rings (SSSR count). The van der Waals surface area contributed by atoms with E-state index in [-0.39, 0.29) is 18.1 Å². The highest BCUT2D eigenvalue weighted by Crippen LogP contribution is 2.46. The molecule has 1 aliphatic carbocycles. The second kappa shape index (κ2) is 7.12. The normalized spacial score (nSPS) is 15.1. The molecule has 0 unspecified atom stereocenters. The van der Waals surface area contributed by atoms with E-state index in [9.17, 15) is 23.1 Å². The van der Waals surface area contributed by atoms with Gasteiger partial charge in [0.05, 0.1) is 6.20 Å². The van der Waals surface area contributed by atoms with Gasteiger partial charge in [0.15, 0.2) is 5.82 Å². The molecule has 0 atom stereocenters. The SMILES string of the molecule is Cc1cc(OCC2(C(=O)O)CC2)ncc1-c1ccc(-c2ncc(C(F)(F)F)[nH]2)nc1. The maximum atomic E-state index is 12.7. The molecule has 0 saturated heterocycles. The fourth-order valence-electron chi connectivity index (χ4n) is 2.98. The van der Waals surface area contributed by atoms with Crippen LogP contribution in [-0.2, 0) is 11.0 Å². The van der Waals surface area contributed by atoms with Gasteiger partial charge in [-0.2, -0.15) is 13.2 Å². The molecule has 0 bridgehead atoms. The molecule has 1 aliphatic rings. The number of halogens is 3. The Morgan fingerprint density at radius 1 is 1.20 bits per heavy atom. The average Bonchev–Trinajstić information content (AvgIpc) is 3.32. The Labute approximate surface area is 169 Å². The number of pyridine rings is 2. The maximum Gasteiger partial charge on any atom is 0.432 e. The van der Waals surface area contributed by atoms with Crippen LogP contribution in [0.25, 0.3) is 22.6 Å². The molecule has 3 aromatic heterocycles. The van der Waals surface area contributed by atoms with E-state index in [1.165, 1.54) is 6.20 Å². The van der Waals surface area contributed by atoms with E-state index in [1.54, 1.807) is 24.4 Å². The predicted octanol–water partition coefficient (Wildman–Crippen LogP) is 4.10. The van der Waals surface area contributed by atoms with Crippen molar-refractivity contribution in [3.63, 3.8) is 0 Å². The van der Waals surface area contributed by atoms with Crippen molar-refractivity contribution in [1.29, 1.82) is 0 Å². The number of imidazole rings is 1. The van der Waals surface area contributed by atoms with Gasteiger partial charge in [0, 0.05) is 29.6 Å². The van der Waals surface area contributed by atoms with E-state index in [2.05, 4.69) is 19.9 Å². The van der Waals surface area contributed by atoms with Gasteiger partial charge in [0.2, 0.25) is 5.88 Å². The lowest BCUT2D eigenvalue weighted by Gasteiger charge is -2.13. The van der Waals surface area contributed by atoms with Crippen molar-refractivity contribution in [3.8, 4) is 28.5 Å². The van der Waals surface area contributed by atoms with E-state index >= 15 is 0 Å². The van der Waals surface area contributed by atoms with Crippen molar-refractivity contribution in [1.82, 2.24) is 19.9 Å². The van der Waals surface area contributed by atoms with E-state index in [0.29, 0.717) is 18.7 Å². The highest BCUT2D eigenvalue weighted by molar-refractivity contribution is 5.78. The lowest BCUT2D eigenvalue weighted by atomic mass is 10.0. The minimum atomic E-state index is -4.50. The van der Waals surface area contributed by atoms with Crippen molar-refractivity contribution in [2.24, 2.45) is 5.41 Å². The molecule has 7 nitrogen and oxygen atoms in total. The van der Waals surface area contributed by atoms with Gasteiger partial charge >= 0.3 is 12.1 Å². The Morgan fingerprint density at radius 2 is 1.97 bits per heavy atom. The average molecular weight is 418 g/mol. The molecule has 1 fully saturated rings. The van der Waals surface area contributed by atoms with E-state index < -0.39 is 23.3 Å². The summed E-state index contributed by atoms with van der Waals surface area (Å²) in [7, 11) is 0. The number of hydrogen-bond acceptors (Lipinski definition) is 5. The third-order valence-electron chi connectivity index (χ3n) is 5.09. The minimum Gasteiger partial charge on any atom is -0.481 e. The van der Waals surface area contributed by atoms with Crippen LogP contribution in [0.15, 0.2) is 36.8 Å². The first-order chi connectivity index (χ1) is 14.2. The Bertz CT molecular complexity index is 1090. The fourth-order valence-corrected chi connectivity index (χ4v) is 2.98. The molecule has 1 saturated carbocycles. The monoisotopic (exact) mass is 418 g/mol. The van der Waals surface area contributed by atoms with Gasteiger partial charge in [-0.1, -0.05) is 6.07 Å². The number of H-pyrrole nitrogens is 1. The maximum absolute atomic E-state index is 12.7. The van der Waals surface area contributed by atoms with Crippen LogP contribution < -0.4 is 4.74 Å². The van der Waals surface area contributed by atoms with Crippen LogP contribution in [0.4, 0.5) is 13.2 Å². The van der Waals surface area contributed by atoms with Crippen molar-refractivity contribution < 1.29 is 27.8 Å². The molecule has 10 heteroatoms. The molecule has 0 amide bonds. The topological polar surface area (TPSA) is 101 Å². The quantitative estimate of drug-likeness (QED) is 0.625. The summed E-state index contributed by atoms with van der Waals surface area (Å²) >= 11 is 0. The summed E-state index contributed by atoms with van der Waals surface area (Å²) < 4.78 is 43.7. The zero-order valence-corrected chi connectivity index (χ0v) is 15.8. The molecule has 0 radical (unpaired) electrons. The summed E-state index contributed by atoms with van der Waals surface area (Å²) in [5, 5.41) is 9.21. The zero-order valence-electron chi connectivity index (χ0n) is 15.8. The van der Waals surface area contributed by atoms with Gasteiger partial charge in [-0.15, -0.1) is 0 Å². The Hall–Kier alpha value is -3.43. The Morgan fingerprint density at radius 3 is 2.50 bits per heavy atom. The first-order valence-electron chi connectivity index (χ1n) is 9.10. The number of nitrogens with one attached hydrogen (secondary N) is 1. The van der Waals surface area contributed by atoms with Crippen LogP contribution in [0.3, 0.4) is 0 Å². The van der Waals surface area contributed by atoms with Crippen LogP contribution in [0.5, 0.6) is 5.88 Å². The Balaban J connectivity index is 1.49. The van der Waals surface area contributed by atoms with Crippen molar-refractivity contribution in [3.05, 3.63) is 48.0 Å². The number of hydrogen-bond donors (Lipinski definition) is 2. The molecule has 3 aromatic rings. The van der Waals surface area contributed by atoms with E-state index in [4.69, 9.17) is 4.74 Å². The third kappa shape index (κ3) is 3.85. The number of carboxylic acid groups (broad SMARTS) is 1. The lowest BCUT2D eigenvalue weighted by Crippen LogP contribution is -2.23. The van der Waals surface area contributed by atoms with Gasteiger partial charge in [-0.05, 0) is 31.4 Å². The van der Waals surface area contributed by atoms with E-state index in [0.717, 1.165) is 22.9 Å². The molecule has 2 N–H and O–H groups in total. The lowest BCUT2D eigenvalue weighted by molar-refractivity contribution is -0.144. The molecule has 30 heavy (non-hydrogen) atoms. The number of ether oxygens (including phenoxy) is 1. The number of alkyl halides is 3. The third-order valence-corrected chi connectivity index (χ3v) is 5.09. The van der Waals surface area contributed by atoms with Gasteiger partial charge in [0.25, 0.3) is 0 Å². The fraction of sp³-hybridized carbons (Fsp3) is 0.300. The Kier molecular flexibility index (Phi) is 4.71. The van der Waals surface area contributed by atoms with Crippen LogP contribution in [0.2, 0.25) is 0 Å². The van der Waals surface area contributed by atoms with Gasteiger partial charge in [-0.25, -0.2) is 9.97 Å². The number of nitrogens with zero attached hydrogens (tertiary/aromatic N) is 3. The molecule has 0 aliphatic heterocycles. The van der Waals surface area contributed by atoms with Gasteiger partial charge < -0.3 is 14.8 Å². The van der Waals surface area contributed by atoms with Gasteiger partial charge in [0.1, 0.15) is 23.4 Å². The number of rotatable bonds is 6. The van der Waals surface area contributed by atoms with Crippen molar-refractivity contribution >= 4 is 5.97 Å².